The molecule has 0 spiro atoms. The van der Waals surface area contributed by atoms with Crippen LogP contribution in [-0.2, 0) is 6.54 Å². The molecule has 110 valence electrons. The van der Waals surface area contributed by atoms with Crippen LogP contribution in [0.2, 0.25) is 0 Å². The second-order valence-corrected chi connectivity index (χ2v) is 5.59. The van der Waals surface area contributed by atoms with Crippen LogP contribution >= 0.6 is 0 Å². The van der Waals surface area contributed by atoms with Gasteiger partial charge in [0.1, 0.15) is 17.1 Å². The van der Waals surface area contributed by atoms with Gasteiger partial charge in [-0.1, -0.05) is 0 Å². The van der Waals surface area contributed by atoms with E-state index in [0.29, 0.717) is 12.2 Å². The Morgan fingerprint density at radius 3 is 2.62 bits per heavy atom. The van der Waals surface area contributed by atoms with Crippen LogP contribution in [0, 0.1) is 13.8 Å². The summed E-state index contributed by atoms with van der Waals surface area (Å²) in [5, 5.41) is 9.37. The maximum Gasteiger partial charge on any atom is 0.341 e. The Kier molecular flexibility index (Phi) is 3.20. The smallest absolute Gasteiger partial charge is 0.341 e. The highest BCUT2D eigenvalue weighted by Gasteiger charge is 2.33. The van der Waals surface area contributed by atoms with E-state index in [4.69, 9.17) is 4.42 Å². The zero-order valence-corrected chi connectivity index (χ0v) is 12.0. The summed E-state index contributed by atoms with van der Waals surface area (Å²) in [6.07, 6.45) is 1.86. The van der Waals surface area contributed by atoms with Gasteiger partial charge in [-0.25, -0.2) is 4.79 Å². The number of carboxylic acid groups (broad SMARTS) is 1. The molecule has 2 aromatic rings. The Morgan fingerprint density at radius 1 is 1.38 bits per heavy atom. The standard InChI is InChI=1S/C16H17NO4/c1-9-7-13(18)14(16(19)20)15(11-4-5-11)17(9)8-12-6-3-10(2)21-12/h3,6-7,11H,4-5,8H2,1-2H3,(H,19,20). The molecular weight excluding hydrogens is 270 g/mol. The first-order valence-corrected chi connectivity index (χ1v) is 7.00. The van der Waals surface area contributed by atoms with Crippen molar-refractivity contribution in [1.82, 2.24) is 4.57 Å². The molecule has 0 unspecified atom stereocenters. The van der Waals surface area contributed by atoms with E-state index >= 15 is 0 Å². The molecule has 21 heavy (non-hydrogen) atoms. The molecule has 1 N–H and O–H groups in total. The molecule has 0 aliphatic heterocycles. The van der Waals surface area contributed by atoms with Crippen LogP contribution in [0.3, 0.4) is 0 Å². The van der Waals surface area contributed by atoms with Crippen molar-refractivity contribution in [2.75, 3.05) is 0 Å². The van der Waals surface area contributed by atoms with Crippen molar-refractivity contribution in [2.45, 2.75) is 39.2 Å². The molecule has 0 atom stereocenters. The van der Waals surface area contributed by atoms with Crippen molar-refractivity contribution in [2.24, 2.45) is 0 Å². The van der Waals surface area contributed by atoms with Crippen LogP contribution in [0.25, 0.3) is 0 Å². The summed E-state index contributed by atoms with van der Waals surface area (Å²) in [6.45, 7) is 4.15. The van der Waals surface area contributed by atoms with Gasteiger partial charge in [-0.2, -0.15) is 0 Å². The first-order valence-electron chi connectivity index (χ1n) is 7.00. The number of carboxylic acids is 1. The molecule has 1 fully saturated rings. The van der Waals surface area contributed by atoms with Gasteiger partial charge in [0.15, 0.2) is 5.43 Å². The Labute approximate surface area is 121 Å². The van der Waals surface area contributed by atoms with Crippen LogP contribution in [-0.4, -0.2) is 15.6 Å². The van der Waals surface area contributed by atoms with Gasteiger partial charge in [0.05, 0.1) is 6.54 Å². The van der Waals surface area contributed by atoms with E-state index in [1.807, 2.05) is 30.5 Å². The summed E-state index contributed by atoms with van der Waals surface area (Å²) in [7, 11) is 0. The lowest BCUT2D eigenvalue weighted by molar-refractivity contribution is 0.0693. The Morgan fingerprint density at radius 2 is 2.10 bits per heavy atom. The molecule has 1 aliphatic carbocycles. The topological polar surface area (TPSA) is 72.4 Å². The number of aromatic carboxylic acids is 1. The van der Waals surface area contributed by atoms with Crippen molar-refractivity contribution >= 4 is 5.97 Å². The Bertz CT molecular complexity index is 765. The van der Waals surface area contributed by atoms with E-state index in [0.717, 1.165) is 30.1 Å². The average molecular weight is 287 g/mol. The fourth-order valence-corrected chi connectivity index (χ4v) is 2.72. The Balaban J connectivity index is 2.16. The van der Waals surface area contributed by atoms with E-state index in [-0.39, 0.29) is 11.5 Å². The number of aryl methyl sites for hydroxylation is 2. The summed E-state index contributed by atoms with van der Waals surface area (Å²) in [4.78, 5) is 23.5. The monoisotopic (exact) mass is 287 g/mol. The molecule has 0 aromatic carbocycles. The number of hydrogen-bond acceptors (Lipinski definition) is 3. The fraction of sp³-hybridized carbons (Fsp3) is 0.375. The van der Waals surface area contributed by atoms with Gasteiger partial charge in [0, 0.05) is 23.4 Å². The molecule has 1 aliphatic rings. The predicted molar refractivity (Wildman–Crippen MR) is 76.9 cm³/mol. The minimum atomic E-state index is -1.15. The number of furan rings is 1. The number of hydrogen-bond donors (Lipinski definition) is 1. The van der Waals surface area contributed by atoms with Crippen LogP contribution in [0.4, 0.5) is 0 Å². The van der Waals surface area contributed by atoms with E-state index in [2.05, 4.69) is 0 Å². The summed E-state index contributed by atoms with van der Waals surface area (Å²) in [5.41, 5.74) is 0.905. The average Bonchev–Trinajstić information content (AvgIpc) is 3.15. The summed E-state index contributed by atoms with van der Waals surface area (Å²) in [6, 6.07) is 5.15. The fourth-order valence-electron chi connectivity index (χ4n) is 2.72. The van der Waals surface area contributed by atoms with Gasteiger partial charge in [0.25, 0.3) is 0 Å². The molecule has 0 bridgehead atoms. The van der Waals surface area contributed by atoms with Crippen molar-refractivity contribution < 1.29 is 14.3 Å². The minimum absolute atomic E-state index is 0.0913. The number of nitrogens with zero attached hydrogens (tertiary/aromatic N) is 1. The molecule has 5 nitrogen and oxygen atoms in total. The maximum atomic E-state index is 12.0. The molecule has 5 heteroatoms. The molecule has 0 amide bonds. The van der Waals surface area contributed by atoms with Gasteiger partial charge in [0.2, 0.25) is 0 Å². The van der Waals surface area contributed by atoms with Gasteiger partial charge < -0.3 is 14.1 Å². The molecule has 0 saturated heterocycles. The third kappa shape index (κ3) is 2.51. The van der Waals surface area contributed by atoms with Gasteiger partial charge in [-0.15, -0.1) is 0 Å². The molecule has 3 rings (SSSR count). The van der Waals surface area contributed by atoms with E-state index in [1.54, 1.807) is 0 Å². The molecule has 2 heterocycles. The first-order chi connectivity index (χ1) is 9.97. The van der Waals surface area contributed by atoms with Crippen molar-refractivity contribution in [1.29, 1.82) is 0 Å². The summed E-state index contributed by atoms with van der Waals surface area (Å²) >= 11 is 0. The third-order valence-electron chi connectivity index (χ3n) is 3.85. The van der Waals surface area contributed by atoms with Crippen molar-refractivity contribution in [3.63, 3.8) is 0 Å². The molecule has 1 saturated carbocycles. The lowest BCUT2D eigenvalue weighted by Crippen LogP contribution is -2.24. The number of rotatable bonds is 4. The van der Waals surface area contributed by atoms with Crippen LogP contribution in [0.15, 0.2) is 27.4 Å². The number of carbonyl (C=O) groups is 1. The van der Waals surface area contributed by atoms with Crippen LogP contribution < -0.4 is 5.43 Å². The van der Waals surface area contributed by atoms with E-state index in [1.165, 1.54) is 6.07 Å². The minimum Gasteiger partial charge on any atom is -0.477 e. The molecular formula is C16H17NO4. The predicted octanol–water partition coefficient (Wildman–Crippen LogP) is 2.68. The highest BCUT2D eigenvalue weighted by atomic mass is 16.4. The highest BCUT2D eigenvalue weighted by molar-refractivity contribution is 5.89. The normalized spacial score (nSPS) is 14.4. The van der Waals surface area contributed by atoms with Crippen molar-refractivity contribution in [3.05, 3.63) is 56.9 Å². The first kappa shape index (κ1) is 13.7. The second-order valence-electron chi connectivity index (χ2n) is 5.59. The third-order valence-corrected chi connectivity index (χ3v) is 3.85. The van der Waals surface area contributed by atoms with Gasteiger partial charge >= 0.3 is 5.97 Å². The Hall–Kier alpha value is -2.30. The molecule has 0 radical (unpaired) electrons. The van der Waals surface area contributed by atoms with E-state index in [9.17, 15) is 14.7 Å². The van der Waals surface area contributed by atoms with Crippen LogP contribution in [0.5, 0.6) is 0 Å². The zero-order chi connectivity index (χ0) is 15.1. The second kappa shape index (κ2) is 4.91. The number of pyridine rings is 1. The summed E-state index contributed by atoms with van der Waals surface area (Å²) in [5.74, 6) is 0.596. The highest BCUT2D eigenvalue weighted by Crippen LogP contribution is 2.41. The van der Waals surface area contributed by atoms with Crippen LogP contribution in [0.1, 0.15) is 52.0 Å². The molecule has 2 aromatic heterocycles. The largest absolute Gasteiger partial charge is 0.477 e. The van der Waals surface area contributed by atoms with Gasteiger partial charge in [-0.05, 0) is 38.8 Å². The maximum absolute atomic E-state index is 12.0. The van der Waals surface area contributed by atoms with Crippen molar-refractivity contribution in [3.8, 4) is 0 Å². The van der Waals surface area contributed by atoms with Gasteiger partial charge in [-0.3, -0.25) is 4.79 Å². The lowest BCUT2D eigenvalue weighted by atomic mass is 10.1. The summed E-state index contributed by atoms with van der Waals surface area (Å²) < 4.78 is 7.49. The SMILES string of the molecule is Cc1ccc(Cn2c(C)cc(=O)c(C(=O)O)c2C2CC2)o1. The number of aromatic nitrogens is 1. The quantitative estimate of drug-likeness (QED) is 0.938. The lowest BCUT2D eigenvalue weighted by Gasteiger charge is -2.17. The zero-order valence-electron chi connectivity index (χ0n) is 12.0. The van der Waals surface area contributed by atoms with E-state index < -0.39 is 11.4 Å².